The van der Waals surface area contributed by atoms with Gasteiger partial charge in [-0.25, -0.2) is 8.42 Å². The van der Waals surface area contributed by atoms with E-state index in [1.54, 1.807) is 48.2 Å². The van der Waals surface area contributed by atoms with E-state index in [0.717, 1.165) is 4.90 Å². The zero-order valence-electron chi connectivity index (χ0n) is 22.8. The van der Waals surface area contributed by atoms with Crippen LogP contribution in [0.2, 0.25) is 0 Å². The Labute approximate surface area is 232 Å². The average Bonchev–Trinajstić information content (AvgIpc) is 3.14. The lowest BCUT2D eigenvalue weighted by atomic mass is 9.84. The quantitative estimate of drug-likeness (QED) is 0.476. The molecule has 2 aliphatic heterocycles. The molecule has 0 N–H and O–H groups in total. The Bertz CT molecular complexity index is 1420. The number of nitrogens with zero attached hydrogens (tertiary/aromatic N) is 2. The van der Waals surface area contributed by atoms with Gasteiger partial charge in [-0.3, -0.25) is 9.59 Å². The molecule has 1 fully saturated rings. The third-order valence-corrected chi connectivity index (χ3v) is 9.29. The molecule has 0 saturated carbocycles. The second-order valence-electron chi connectivity index (χ2n) is 9.98. The van der Waals surface area contributed by atoms with Crippen LogP contribution in [0, 0.1) is 0 Å². The molecule has 0 radical (unpaired) electrons. The Hall–Kier alpha value is -3.34. The Kier molecular flexibility index (Phi) is 8.35. The lowest BCUT2D eigenvalue weighted by molar-refractivity contribution is -0.185. The maximum Gasteiger partial charge on any atom is 0.471 e. The summed E-state index contributed by atoms with van der Waals surface area (Å²) in [5.41, 5.74) is 1.41. The van der Waals surface area contributed by atoms with E-state index in [-0.39, 0.29) is 36.1 Å². The fourth-order valence-corrected chi connectivity index (χ4v) is 6.15. The van der Waals surface area contributed by atoms with Crippen molar-refractivity contribution < 1.29 is 35.9 Å². The lowest BCUT2D eigenvalue weighted by Crippen LogP contribution is -2.43. The minimum Gasteiger partial charge on any atom is -0.482 e. The zero-order valence-corrected chi connectivity index (χ0v) is 23.6. The van der Waals surface area contributed by atoms with Crippen molar-refractivity contribution in [3.05, 3.63) is 65.2 Å². The Morgan fingerprint density at radius 1 is 1.00 bits per heavy atom. The molecule has 40 heavy (non-hydrogen) atoms. The largest absolute Gasteiger partial charge is 0.482 e. The topological polar surface area (TPSA) is 84.0 Å². The van der Waals surface area contributed by atoms with Gasteiger partial charge >= 0.3 is 12.1 Å². The highest BCUT2D eigenvalue weighted by atomic mass is 32.2. The molecule has 216 valence electrons. The highest BCUT2D eigenvalue weighted by molar-refractivity contribution is 7.91. The van der Waals surface area contributed by atoms with Crippen molar-refractivity contribution in [2.24, 2.45) is 0 Å². The molecule has 11 heteroatoms. The molecule has 2 heterocycles. The van der Waals surface area contributed by atoms with Crippen LogP contribution in [-0.4, -0.2) is 73.7 Å². The predicted octanol–water partition coefficient (Wildman–Crippen LogP) is 5.10. The number of hydrogen-bond donors (Lipinski definition) is 0. The van der Waals surface area contributed by atoms with Gasteiger partial charge in [-0.1, -0.05) is 19.1 Å². The van der Waals surface area contributed by atoms with Crippen molar-refractivity contribution in [3.8, 4) is 5.75 Å². The van der Waals surface area contributed by atoms with Crippen molar-refractivity contribution in [2.75, 3.05) is 31.9 Å². The summed E-state index contributed by atoms with van der Waals surface area (Å²) in [4.78, 5) is 27.4. The molecular weight excluding hydrogens is 545 g/mol. The average molecular weight is 579 g/mol. The summed E-state index contributed by atoms with van der Waals surface area (Å²) in [7, 11) is -3.52. The number of rotatable bonds is 6. The van der Waals surface area contributed by atoms with Gasteiger partial charge in [-0.2, -0.15) is 13.2 Å². The maximum absolute atomic E-state index is 13.1. The van der Waals surface area contributed by atoms with Gasteiger partial charge in [-0.15, -0.1) is 0 Å². The number of benzene rings is 2. The maximum atomic E-state index is 13.1. The molecule has 1 saturated heterocycles. The first-order valence-electron chi connectivity index (χ1n) is 13.4. The van der Waals surface area contributed by atoms with E-state index in [0.29, 0.717) is 53.9 Å². The van der Waals surface area contributed by atoms with E-state index < -0.39 is 27.5 Å². The standard InChI is InChI=1S/C29H33F3N2O5S/c1-4-33(5-2)26(35)21-10-8-20(9-11-21)24-19-28(14-7-16-34(17-15-28)27(36)29(30,31)32)39-25-13-12-22(18-23(24)25)40(37,38)6-3/h8-13,18-19H,4-7,14-17H2,1-3H3. The molecule has 0 bridgehead atoms. The smallest absolute Gasteiger partial charge is 0.471 e. The van der Waals surface area contributed by atoms with E-state index in [1.165, 1.54) is 6.07 Å². The fraction of sp³-hybridized carbons (Fsp3) is 0.448. The minimum atomic E-state index is -4.95. The van der Waals surface area contributed by atoms with Crippen LogP contribution in [-0.2, 0) is 14.6 Å². The van der Waals surface area contributed by atoms with Gasteiger partial charge in [0.15, 0.2) is 9.84 Å². The molecule has 2 amide bonds. The van der Waals surface area contributed by atoms with Gasteiger partial charge in [0.25, 0.3) is 5.91 Å². The second-order valence-corrected chi connectivity index (χ2v) is 12.3. The first-order valence-corrected chi connectivity index (χ1v) is 15.0. The first kappa shape index (κ1) is 29.6. The molecule has 7 nitrogen and oxygen atoms in total. The SMILES string of the molecule is CCN(CC)C(=O)c1ccc(C2=CC3(CCCN(C(=O)C(F)(F)F)CC3)Oc3ccc(S(=O)(=O)CC)cc32)cc1. The summed E-state index contributed by atoms with van der Waals surface area (Å²) in [6.07, 6.45) is -2.33. The van der Waals surface area contributed by atoms with Crippen molar-refractivity contribution in [1.29, 1.82) is 0 Å². The Balaban J connectivity index is 1.77. The van der Waals surface area contributed by atoms with E-state index in [1.807, 2.05) is 19.9 Å². The van der Waals surface area contributed by atoms with Crippen molar-refractivity contribution in [2.45, 2.75) is 56.7 Å². The fourth-order valence-electron chi connectivity index (χ4n) is 5.24. The number of fused-ring (bicyclic) bond motifs is 1. The van der Waals surface area contributed by atoms with E-state index in [2.05, 4.69) is 0 Å². The number of carbonyl (C=O) groups is 2. The van der Waals surface area contributed by atoms with Crippen LogP contribution in [0.25, 0.3) is 5.57 Å². The van der Waals surface area contributed by atoms with Gasteiger partial charge in [0.05, 0.1) is 10.6 Å². The van der Waals surface area contributed by atoms with Crippen molar-refractivity contribution in [1.82, 2.24) is 9.80 Å². The number of alkyl halides is 3. The summed E-state index contributed by atoms with van der Waals surface area (Å²) >= 11 is 0. The molecule has 4 rings (SSSR count). The van der Waals surface area contributed by atoms with Gasteiger partial charge in [0.1, 0.15) is 11.4 Å². The van der Waals surface area contributed by atoms with E-state index in [4.69, 9.17) is 4.74 Å². The predicted molar refractivity (Wildman–Crippen MR) is 145 cm³/mol. The van der Waals surface area contributed by atoms with Crippen LogP contribution < -0.4 is 4.74 Å². The molecule has 2 aliphatic rings. The Morgan fingerprint density at radius 2 is 1.68 bits per heavy atom. The van der Waals surface area contributed by atoms with E-state index >= 15 is 0 Å². The number of halogens is 3. The van der Waals surface area contributed by atoms with Crippen LogP contribution >= 0.6 is 0 Å². The second kappa shape index (κ2) is 11.3. The number of ether oxygens (including phenoxy) is 1. The zero-order chi connectivity index (χ0) is 29.3. The summed E-state index contributed by atoms with van der Waals surface area (Å²) < 4.78 is 71.1. The number of hydrogen-bond acceptors (Lipinski definition) is 5. The molecule has 2 aromatic rings. The lowest BCUT2D eigenvalue weighted by Gasteiger charge is -2.37. The number of carbonyl (C=O) groups excluding carboxylic acids is 2. The number of sulfone groups is 1. The van der Waals surface area contributed by atoms with Crippen LogP contribution in [0.15, 0.2) is 53.4 Å². The normalized spacial score (nSPS) is 19.4. The van der Waals surface area contributed by atoms with Gasteiger partial charge in [0.2, 0.25) is 0 Å². The highest BCUT2D eigenvalue weighted by Crippen LogP contribution is 2.44. The molecule has 0 aliphatic carbocycles. The van der Waals surface area contributed by atoms with E-state index in [9.17, 15) is 31.2 Å². The molecule has 1 atom stereocenters. The van der Waals surface area contributed by atoms with Gasteiger partial charge < -0.3 is 14.5 Å². The summed E-state index contributed by atoms with van der Waals surface area (Å²) in [5.74, 6) is -1.65. The summed E-state index contributed by atoms with van der Waals surface area (Å²) in [6, 6.07) is 11.6. The minimum absolute atomic E-state index is 0.0463. The number of likely N-dealkylation sites (tertiary alicyclic amines) is 1. The van der Waals surface area contributed by atoms with Gasteiger partial charge in [-0.05, 0) is 74.2 Å². The summed E-state index contributed by atoms with van der Waals surface area (Å²) in [5, 5.41) is 0. The first-order chi connectivity index (χ1) is 18.8. The third kappa shape index (κ3) is 5.89. The highest BCUT2D eigenvalue weighted by Gasteiger charge is 2.45. The van der Waals surface area contributed by atoms with Crippen LogP contribution in [0.3, 0.4) is 0 Å². The molecular formula is C29H33F3N2O5S. The summed E-state index contributed by atoms with van der Waals surface area (Å²) in [6.45, 7) is 6.30. The monoisotopic (exact) mass is 578 g/mol. The molecule has 2 aromatic carbocycles. The van der Waals surface area contributed by atoms with Crippen LogP contribution in [0.1, 0.15) is 61.5 Å². The molecule has 1 unspecified atom stereocenters. The third-order valence-electron chi connectivity index (χ3n) is 7.56. The molecule has 1 spiro atoms. The number of amides is 2. The van der Waals surface area contributed by atoms with Crippen molar-refractivity contribution >= 4 is 27.2 Å². The Morgan fingerprint density at radius 3 is 2.27 bits per heavy atom. The van der Waals surface area contributed by atoms with Crippen molar-refractivity contribution in [3.63, 3.8) is 0 Å². The van der Waals surface area contributed by atoms with Gasteiger partial charge in [0, 0.05) is 43.7 Å². The van der Waals surface area contributed by atoms with Crippen LogP contribution in [0.4, 0.5) is 13.2 Å². The van der Waals surface area contributed by atoms with Crippen LogP contribution in [0.5, 0.6) is 5.75 Å². The molecule has 0 aromatic heterocycles.